The van der Waals surface area contributed by atoms with Crippen LogP contribution >= 0.6 is 27.3 Å². The Balaban J connectivity index is 2.02. The molecular weight excluding hydrogens is 334 g/mol. The predicted octanol–water partition coefficient (Wildman–Crippen LogP) is 5.35. The first-order valence-corrected chi connectivity index (χ1v) is 8.35. The molecule has 0 saturated heterocycles. The van der Waals surface area contributed by atoms with E-state index in [1.165, 1.54) is 15.0 Å². The second-order valence-electron chi connectivity index (χ2n) is 4.71. The van der Waals surface area contributed by atoms with E-state index < -0.39 is 0 Å². The molecule has 0 spiro atoms. The maximum absolute atomic E-state index is 5.67. The number of fused-ring (bicyclic) bond motifs is 1. The summed E-state index contributed by atoms with van der Waals surface area (Å²) < 4.78 is 8.00. The van der Waals surface area contributed by atoms with Crippen LogP contribution in [-0.2, 0) is 0 Å². The van der Waals surface area contributed by atoms with Crippen molar-refractivity contribution < 1.29 is 4.42 Å². The van der Waals surface area contributed by atoms with Gasteiger partial charge in [-0.3, -0.25) is 0 Å². The van der Waals surface area contributed by atoms with Gasteiger partial charge in [-0.05, 0) is 52.5 Å². The van der Waals surface area contributed by atoms with Gasteiger partial charge in [-0.2, -0.15) is 0 Å². The Morgan fingerprint density at radius 2 is 2.15 bits per heavy atom. The summed E-state index contributed by atoms with van der Waals surface area (Å²) in [6.45, 7) is 3.14. The minimum atomic E-state index is 0.108. The van der Waals surface area contributed by atoms with Gasteiger partial charge in [0, 0.05) is 9.58 Å². The second-order valence-corrected chi connectivity index (χ2v) is 6.68. The van der Waals surface area contributed by atoms with Crippen molar-refractivity contribution in [3.05, 3.63) is 57.8 Å². The summed E-state index contributed by atoms with van der Waals surface area (Å²) in [6, 6.07) is 12.8. The lowest BCUT2D eigenvalue weighted by molar-refractivity contribution is 0.447. The number of halogens is 1. The van der Waals surface area contributed by atoms with E-state index in [2.05, 4.69) is 58.5 Å². The van der Waals surface area contributed by atoms with Gasteiger partial charge in [0.2, 0.25) is 0 Å². The minimum Gasteiger partial charge on any atom is -0.466 e. The lowest BCUT2D eigenvalue weighted by Crippen LogP contribution is -2.22. The van der Waals surface area contributed by atoms with Crippen LogP contribution in [0.1, 0.15) is 30.0 Å². The molecule has 0 aliphatic carbocycles. The topological polar surface area (TPSA) is 25.2 Å². The third-order valence-electron chi connectivity index (χ3n) is 3.23. The van der Waals surface area contributed by atoms with Crippen molar-refractivity contribution in [2.45, 2.75) is 19.4 Å². The highest BCUT2D eigenvalue weighted by Crippen LogP contribution is 2.36. The normalized spacial score (nSPS) is 12.9. The van der Waals surface area contributed by atoms with Crippen LogP contribution in [0.15, 0.2) is 51.6 Å². The second kappa shape index (κ2) is 6.12. The third-order valence-corrected chi connectivity index (χ3v) is 5.07. The smallest absolute Gasteiger partial charge is 0.140 e. The van der Waals surface area contributed by atoms with E-state index >= 15 is 0 Å². The first kappa shape index (κ1) is 13.9. The number of hydrogen-bond acceptors (Lipinski definition) is 3. The van der Waals surface area contributed by atoms with Crippen LogP contribution in [0.2, 0.25) is 0 Å². The van der Waals surface area contributed by atoms with Crippen LogP contribution in [-0.4, -0.2) is 6.54 Å². The summed E-state index contributed by atoms with van der Waals surface area (Å²) in [5.41, 5.74) is 0. The molecule has 0 radical (unpaired) electrons. The van der Waals surface area contributed by atoms with Crippen LogP contribution < -0.4 is 5.32 Å². The van der Waals surface area contributed by atoms with Gasteiger partial charge in [-0.15, -0.1) is 11.3 Å². The van der Waals surface area contributed by atoms with Crippen molar-refractivity contribution >= 4 is 37.4 Å². The molecule has 1 aromatic carbocycles. The Kier molecular flexibility index (Phi) is 4.24. The monoisotopic (exact) mass is 349 g/mol. The summed E-state index contributed by atoms with van der Waals surface area (Å²) in [4.78, 5) is 1.29. The van der Waals surface area contributed by atoms with Crippen molar-refractivity contribution in [1.82, 2.24) is 5.32 Å². The molecule has 20 heavy (non-hydrogen) atoms. The summed E-state index contributed by atoms with van der Waals surface area (Å²) in [7, 11) is 0. The lowest BCUT2D eigenvalue weighted by atomic mass is 10.1. The Morgan fingerprint density at radius 1 is 1.30 bits per heavy atom. The maximum Gasteiger partial charge on any atom is 0.140 e. The van der Waals surface area contributed by atoms with E-state index in [1.54, 1.807) is 6.26 Å². The molecular formula is C16H16BrNOS. The summed E-state index contributed by atoms with van der Waals surface area (Å²) in [6.07, 6.45) is 2.83. The van der Waals surface area contributed by atoms with Gasteiger partial charge in [0.1, 0.15) is 11.8 Å². The molecule has 4 heteroatoms. The molecule has 2 heterocycles. The van der Waals surface area contributed by atoms with Crippen molar-refractivity contribution in [3.63, 3.8) is 0 Å². The van der Waals surface area contributed by atoms with Gasteiger partial charge >= 0.3 is 0 Å². The highest BCUT2D eigenvalue weighted by Gasteiger charge is 2.21. The van der Waals surface area contributed by atoms with Crippen LogP contribution in [0.5, 0.6) is 0 Å². The van der Waals surface area contributed by atoms with Gasteiger partial charge < -0.3 is 9.73 Å². The fraction of sp³-hybridized carbons (Fsp3) is 0.250. The highest BCUT2D eigenvalue weighted by molar-refractivity contribution is 9.10. The number of hydrogen-bond donors (Lipinski definition) is 1. The molecule has 0 aliphatic heterocycles. The molecule has 0 fully saturated rings. The molecule has 1 atom stereocenters. The van der Waals surface area contributed by atoms with Gasteiger partial charge in [0.15, 0.2) is 0 Å². The summed E-state index contributed by atoms with van der Waals surface area (Å²) in [5, 5.41) is 4.87. The number of furan rings is 1. The Bertz CT molecular complexity index is 670. The fourth-order valence-electron chi connectivity index (χ4n) is 2.27. The number of benzene rings is 1. The van der Waals surface area contributed by atoms with Crippen LogP contribution in [0.25, 0.3) is 10.1 Å². The molecule has 3 rings (SSSR count). The average molecular weight is 350 g/mol. The molecule has 2 nitrogen and oxygen atoms in total. The Labute approximate surface area is 130 Å². The Morgan fingerprint density at radius 3 is 2.85 bits per heavy atom. The molecule has 2 aromatic heterocycles. The van der Waals surface area contributed by atoms with E-state index in [-0.39, 0.29) is 6.04 Å². The molecule has 0 bridgehead atoms. The van der Waals surface area contributed by atoms with Gasteiger partial charge in [-0.25, -0.2) is 0 Å². The van der Waals surface area contributed by atoms with Gasteiger partial charge in [0.25, 0.3) is 0 Å². The van der Waals surface area contributed by atoms with E-state index in [1.807, 2.05) is 17.4 Å². The molecule has 0 saturated carbocycles. The standard InChI is InChI=1S/C16H16BrNOS/c1-2-8-18-15(16-12(17)7-9-19-16)14-10-11-5-3-4-6-13(11)20-14/h3-7,9-10,15,18H,2,8H2,1H3. The van der Waals surface area contributed by atoms with E-state index in [9.17, 15) is 0 Å². The largest absolute Gasteiger partial charge is 0.466 e. The van der Waals surface area contributed by atoms with Crippen molar-refractivity contribution in [2.24, 2.45) is 0 Å². The van der Waals surface area contributed by atoms with E-state index in [0.717, 1.165) is 23.2 Å². The van der Waals surface area contributed by atoms with Crippen LogP contribution in [0.4, 0.5) is 0 Å². The predicted molar refractivity (Wildman–Crippen MR) is 88.4 cm³/mol. The zero-order chi connectivity index (χ0) is 13.9. The fourth-order valence-corrected chi connectivity index (χ4v) is 3.84. The first-order chi connectivity index (χ1) is 9.79. The molecule has 104 valence electrons. The first-order valence-electron chi connectivity index (χ1n) is 6.74. The number of nitrogens with one attached hydrogen (secondary N) is 1. The SMILES string of the molecule is CCCNC(c1cc2ccccc2s1)c1occc1Br. The highest BCUT2D eigenvalue weighted by atomic mass is 79.9. The quantitative estimate of drug-likeness (QED) is 0.671. The average Bonchev–Trinajstić information content (AvgIpc) is 3.06. The van der Waals surface area contributed by atoms with E-state index in [4.69, 9.17) is 4.42 Å². The van der Waals surface area contributed by atoms with Gasteiger partial charge in [0.05, 0.1) is 10.7 Å². The van der Waals surface area contributed by atoms with Crippen molar-refractivity contribution in [1.29, 1.82) is 0 Å². The lowest BCUT2D eigenvalue weighted by Gasteiger charge is -2.15. The van der Waals surface area contributed by atoms with Gasteiger partial charge in [-0.1, -0.05) is 25.1 Å². The molecule has 0 amide bonds. The summed E-state index contributed by atoms with van der Waals surface area (Å²) in [5.74, 6) is 0.949. The summed E-state index contributed by atoms with van der Waals surface area (Å²) >= 11 is 5.39. The van der Waals surface area contributed by atoms with Crippen LogP contribution in [0, 0.1) is 0 Å². The Hall–Kier alpha value is -1.10. The zero-order valence-electron chi connectivity index (χ0n) is 11.2. The van der Waals surface area contributed by atoms with E-state index in [0.29, 0.717) is 0 Å². The molecule has 1 unspecified atom stereocenters. The van der Waals surface area contributed by atoms with Crippen molar-refractivity contribution in [2.75, 3.05) is 6.54 Å². The molecule has 1 N–H and O–H groups in total. The number of rotatable bonds is 5. The molecule has 0 aliphatic rings. The zero-order valence-corrected chi connectivity index (χ0v) is 13.6. The molecule has 3 aromatic rings. The number of thiophene rings is 1. The minimum absolute atomic E-state index is 0.108. The van der Waals surface area contributed by atoms with Crippen LogP contribution in [0.3, 0.4) is 0 Å². The van der Waals surface area contributed by atoms with Crippen molar-refractivity contribution in [3.8, 4) is 0 Å². The maximum atomic E-state index is 5.67. The third kappa shape index (κ3) is 2.68.